The molecule has 1 atom stereocenters. The zero-order valence-electron chi connectivity index (χ0n) is 20.8. The number of fused-ring (bicyclic) bond motifs is 4. The molecule has 3 aliphatic rings. The van der Waals surface area contributed by atoms with Gasteiger partial charge in [-0.15, -0.1) is 11.8 Å². The monoisotopic (exact) mass is 496 g/mol. The van der Waals surface area contributed by atoms with Gasteiger partial charge in [0.2, 0.25) is 5.91 Å². The summed E-state index contributed by atoms with van der Waals surface area (Å²) in [6.45, 7) is 4.31. The number of amides is 2. The molecule has 0 radical (unpaired) electrons. The standard InChI is InChI=1S/C31H32N2O2S/c1-2-17-31(26-14-7-5-12-24(26)25-13-6-8-15-27(25)31)36-20-9-18-32-19-16-28(30(32)35)33-21-22-10-3-4-11-23(22)29(33)34/h3-8,10-15,28H,2,9,16-21H2,1H3. The van der Waals surface area contributed by atoms with Crippen molar-refractivity contribution >= 4 is 23.6 Å². The van der Waals surface area contributed by atoms with Crippen LogP contribution in [-0.4, -0.2) is 46.5 Å². The lowest BCUT2D eigenvalue weighted by atomic mass is 9.91. The minimum absolute atomic E-state index is 0.00132. The Balaban J connectivity index is 1.12. The number of likely N-dealkylation sites (tertiary alicyclic amines) is 1. The Labute approximate surface area is 217 Å². The maximum Gasteiger partial charge on any atom is 0.255 e. The predicted octanol–water partition coefficient (Wildman–Crippen LogP) is 6.09. The van der Waals surface area contributed by atoms with E-state index in [-0.39, 0.29) is 22.6 Å². The van der Waals surface area contributed by atoms with Crippen molar-refractivity contribution in [2.24, 2.45) is 0 Å². The molecule has 1 aliphatic carbocycles. The van der Waals surface area contributed by atoms with Crippen LogP contribution in [0.3, 0.4) is 0 Å². The van der Waals surface area contributed by atoms with Gasteiger partial charge in [0.05, 0.1) is 4.75 Å². The predicted molar refractivity (Wildman–Crippen MR) is 146 cm³/mol. The van der Waals surface area contributed by atoms with Gasteiger partial charge in [-0.3, -0.25) is 9.59 Å². The van der Waals surface area contributed by atoms with Crippen LogP contribution in [0, 0.1) is 0 Å². The summed E-state index contributed by atoms with van der Waals surface area (Å²) in [6.07, 6.45) is 3.90. The van der Waals surface area contributed by atoms with Crippen molar-refractivity contribution in [1.29, 1.82) is 0 Å². The SMILES string of the molecule is CCCC1(SCCCN2CCC(N3Cc4ccccc4C3=O)C2=O)c2ccccc2-c2ccccc21. The van der Waals surface area contributed by atoms with Gasteiger partial charge in [0.25, 0.3) is 5.91 Å². The topological polar surface area (TPSA) is 40.6 Å². The molecule has 0 saturated carbocycles. The Morgan fingerprint density at radius 3 is 2.19 bits per heavy atom. The second-order valence-corrected chi connectivity index (χ2v) is 11.5. The summed E-state index contributed by atoms with van der Waals surface area (Å²) in [6, 6.07) is 25.1. The van der Waals surface area contributed by atoms with Crippen molar-refractivity contribution in [3.8, 4) is 11.1 Å². The van der Waals surface area contributed by atoms with E-state index in [9.17, 15) is 9.59 Å². The highest BCUT2D eigenvalue weighted by molar-refractivity contribution is 8.00. The number of hydrogen-bond acceptors (Lipinski definition) is 3. The normalized spacial score (nSPS) is 19.5. The third-order valence-electron chi connectivity index (χ3n) is 8.03. The van der Waals surface area contributed by atoms with E-state index in [1.165, 1.54) is 22.3 Å². The van der Waals surface area contributed by atoms with Crippen molar-refractivity contribution < 1.29 is 9.59 Å². The molecule has 3 aromatic rings. The van der Waals surface area contributed by atoms with Gasteiger partial charge in [0.15, 0.2) is 0 Å². The average Bonchev–Trinajstić information content (AvgIpc) is 3.53. The lowest BCUT2D eigenvalue weighted by Crippen LogP contribution is -2.42. The Morgan fingerprint density at radius 2 is 1.53 bits per heavy atom. The fourth-order valence-electron chi connectivity index (χ4n) is 6.40. The number of benzene rings is 3. The summed E-state index contributed by atoms with van der Waals surface area (Å²) >= 11 is 2.04. The Morgan fingerprint density at radius 1 is 0.889 bits per heavy atom. The Hall–Kier alpha value is -3.05. The maximum atomic E-state index is 13.3. The second kappa shape index (κ2) is 9.44. The van der Waals surface area contributed by atoms with Crippen LogP contribution in [-0.2, 0) is 16.1 Å². The van der Waals surface area contributed by atoms with Crippen molar-refractivity contribution in [2.75, 3.05) is 18.8 Å². The molecule has 1 saturated heterocycles. The zero-order valence-corrected chi connectivity index (χ0v) is 21.6. The number of carbonyl (C=O) groups excluding carboxylic acids is 2. The molecular formula is C31H32N2O2S. The molecule has 0 spiro atoms. The van der Waals surface area contributed by atoms with E-state index in [1.807, 2.05) is 40.9 Å². The zero-order chi connectivity index (χ0) is 24.7. The smallest absolute Gasteiger partial charge is 0.255 e. The van der Waals surface area contributed by atoms with E-state index in [4.69, 9.17) is 0 Å². The molecule has 2 amide bonds. The summed E-state index contributed by atoms with van der Waals surface area (Å²) in [5.41, 5.74) is 7.37. The van der Waals surface area contributed by atoms with Gasteiger partial charge in [0, 0.05) is 25.2 Å². The number of nitrogens with zero attached hydrogens (tertiary/aromatic N) is 2. The molecule has 6 rings (SSSR count). The first-order valence-electron chi connectivity index (χ1n) is 13.1. The van der Waals surface area contributed by atoms with Crippen LogP contribution in [0.2, 0.25) is 0 Å². The molecule has 2 heterocycles. The van der Waals surface area contributed by atoms with Crippen molar-refractivity contribution in [3.05, 3.63) is 95.1 Å². The molecule has 184 valence electrons. The van der Waals surface area contributed by atoms with Gasteiger partial charge in [0.1, 0.15) is 6.04 Å². The third-order valence-corrected chi connectivity index (χ3v) is 9.66. The van der Waals surface area contributed by atoms with Crippen molar-refractivity contribution in [1.82, 2.24) is 9.80 Å². The molecule has 1 unspecified atom stereocenters. The summed E-state index contributed by atoms with van der Waals surface area (Å²) in [7, 11) is 0. The van der Waals surface area contributed by atoms with Gasteiger partial charge >= 0.3 is 0 Å². The third kappa shape index (κ3) is 3.67. The number of hydrogen-bond donors (Lipinski definition) is 0. The van der Waals surface area contributed by atoms with E-state index in [0.29, 0.717) is 6.54 Å². The van der Waals surface area contributed by atoms with Crippen LogP contribution in [0.4, 0.5) is 0 Å². The number of rotatable bonds is 8. The highest BCUT2D eigenvalue weighted by Gasteiger charge is 2.43. The fraction of sp³-hybridized carbons (Fsp3) is 0.355. The summed E-state index contributed by atoms with van der Waals surface area (Å²) in [5, 5.41) is 0. The van der Waals surface area contributed by atoms with Gasteiger partial charge in [-0.2, -0.15) is 0 Å². The second-order valence-electron chi connectivity index (χ2n) is 10.1. The Bertz CT molecular complexity index is 1270. The first-order chi connectivity index (χ1) is 17.6. The molecule has 0 N–H and O–H groups in total. The first kappa shape index (κ1) is 23.4. The molecule has 3 aromatic carbocycles. The lowest BCUT2D eigenvalue weighted by Gasteiger charge is -2.32. The van der Waals surface area contributed by atoms with Gasteiger partial charge in [-0.05, 0) is 58.9 Å². The van der Waals surface area contributed by atoms with Gasteiger partial charge < -0.3 is 9.80 Å². The average molecular weight is 497 g/mol. The van der Waals surface area contributed by atoms with Crippen molar-refractivity contribution in [3.63, 3.8) is 0 Å². The summed E-state index contributed by atoms with van der Waals surface area (Å²) in [5.74, 6) is 1.10. The van der Waals surface area contributed by atoms with E-state index in [2.05, 4.69) is 55.5 Å². The minimum atomic E-state index is -0.322. The number of thioether (sulfide) groups is 1. The maximum absolute atomic E-state index is 13.3. The molecule has 5 heteroatoms. The first-order valence-corrected chi connectivity index (χ1v) is 14.1. The molecule has 4 nitrogen and oxygen atoms in total. The summed E-state index contributed by atoms with van der Waals surface area (Å²) in [4.78, 5) is 29.9. The highest BCUT2D eigenvalue weighted by atomic mass is 32.2. The van der Waals surface area contributed by atoms with Gasteiger partial charge in [-0.25, -0.2) is 0 Å². The van der Waals surface area contributed by atoms with Crippen LogP contribution in [0.1, 0.15) is 59.7 Å². The van der Waals surface area contributed by atoms with Crippen LogP contribution >= 0.6 is 11.8 Å². The molecule has 2 aliphatic heterocycles. The molecule has 0 aromatic heterocycles. The van der Waals surface area contributed by atoms with Crippen LogP contribution < -0.4 is 0 Å². The number of carbonyl (C=O) groups is 2. The molecule has 0 bridgehead atoms. The highest BCUT2D eigenvalue weighted by Crippen LogP contribution is 2.57. The van der Waals surface area contributed by atoms with E-state index < -0.39 is 0 Å². The molecular weight excluding hydrogens is 464 g/mol. The minimum Gasteiger partial charge on any atom is -0.341 e. The van der Waals surface area contributed by atoms with Crippen LogP contribution in [0.25, 0.3) is 11.1 Å². The van der Waals surface area contributed by atoms with Crippen LogP contribution in [0.5, 0.6) is 0 Å². The van der Waals surface area contributed by atoms with E-state index in [1.54, 1.807) is 4.90 Å². The largest absolute Gasteiger partial charge is 0.341 e. The van der Waals surface area contributed by atoms with Gasteiger partial charge in [-0.1, -0.05) is 80.1 Å². The van der Waals surface area contributed by atoms with Crippen molar-refractivity contribution in [2.45, 2.75) is 49.9 Å². The molecule has 36 heavy (non-hydrogen) atoms. The fourth-order valence-corrected chi connectivity index (χ4v) is 8.04. The Kier molecular flexibility index (Phi) is 6.12. The summed E-state index contributed by atoms with van der Waals surface area (Å²) < 4.78 is -0.0206. The van der Waals surface area contributed by atoms with Crippen LogP contribution in [0.15, 0.2) is 72.8 Å². The quantitative estimate of drug-likeness (QED) is 0.354. The molecule has 1 fully saturated rings. The van der Waals surface area contributed by atoms with E-state index in [0.717, 1.165) is 55.7 Å². The van der Waals surface area contributed by atoms with E-state index >= 15 is 0 Å². The lowest BCUT2D eigenvalue weighted by molar-refractivity contribution is -0.131.